The van der Waals surface area contributed by atoms with E-state index in [0.29, 0.717) is 6.42 Å². The summed E-state index contributed by atoms with van der Waals surface area (Å²) in [6.07, 6.45) is 0.373. The van der Waals surface area contributed by atoms with E-state index in [9.17, 15) is 4.79 Å². The van der Waals surface area contributed by atoms with E-state index < -0.39 is 25.4 Å². The SMILES string of the molecule is CC(C)(C)S[I-]CCC(=O)NC(CO)(CO)CO. The van der Waals surface area contributed by atoms with Crippen LogP contribution in [-0.2, 0) is 4.79 Å². The third-order valence-electron chi connectivity index (χ3n) is 2.00. The van der Waals surface area contributed by atoms with E-state index in [4.69, 9.17) is 15.3 Å². The summed E-state index contributed by atoms with van der Waals surface area (Å²) in [5, 5.41) is 29.7. The monoisotopic (exact) mass is 392 g/mol. The quantitative estimate of drug-likeness (QED) is 0.198. The molecular weight excluding hydrogens is 369 g/mol. The Morgan fingerprint density at radius 1 is 1.17 bits per heavy atom. The Bertz CT molecular complexity index is 246. The predicted octanol–water partition coefficient (Wildman–Crippen LogP) is -3.26. The van der Waals surface area contributed by atoms with Crippen molar-refractivity contribution in [3.8, 4) is 0 Å². The molecule has 0 bridgehead atoms. The van der Waals surface area contributed by atoms with E-state index >= 15 is 0 Å². The molecule has 7 heteroatoms. The number of carbonyl (C=O) groups excluding carboxylic acids is 1. The van der Waals surface area contributed by atoms with E-state index in [1.165, 1.54) is 0 Å². The van der Waals surface area contributed by atoms with Gasteiger partial charge in [0.05, 0.1) is 0 Å². The van der Waals surface area contributed by atoms with Crippen LogP contribution in [0.15, 0.2) is 0 Å². The minimum atomic E-state index is -1.30. The molecular formula is C11H23INO4S-. The van der Waals surface area contributed by atoms with Gasteiger partial charge in [-0.1, -0.05) is 0 Å². The van der Waals surface area contributed by atoms with E-state index in [-0.39, 0.29) is 30.5 Å². The molecule has 0 heterocycles. The van der Waals surface area contributed by atoms with Crippen LogP contribution in [0.4, 0.5) is 0 Å². The number of aliphatic hydroxyl groups excluding tert-OH is 3. The van der Waals surface area contributed by atoms with Gasteiger partial charge in [-0.3, -0.25) is 0 Å². The first-order valence-electron chi connectivity index (χ1n) is 5.69. The zero-order valence-electron chi connectivity index (χ0n) is 11.1. The van der Waals surface area contributed by atoms with E-state index in [0.717, 1.165) is 4.43 Å². The summed E-state index contributed by atoms with van der Waals surface area (Å²) in [6.45, 7) is 5.01. The molecule has 18 heavy (non-hydrogen) atoms. The third kappa shape index (κ3) is 7.78. The molecule has 0 aliphatic rings. The number of nitrogens with one attached hydrogen (secondary N) is 1. The van der Waals surface area contributed by atoms with Gasteiger partial charge >= 0.3 is 122 Å². The molecule has 5 nitrogen and oxygen atoms in total. The predicted molar refractivity (Wildman–Crippen MR) is 69.0 cm³/mol. The summed E-state index contributed by atoms with van der Waals surface area (Å²) < 4.78 is 1.07. The Labute approximate surface area is 121 Å². The van der Waals surface area contributed by atoms with Crippen molar-refractivity contribution in [2.45, 2.75) is 37.5 Å². The fraction of sp³-hybridized carbons (Fsp3) is 0.909. The van der Waals surface area contributed by atoms with E-state index in [1.807, 2.05) is 8.93 Å². The molecule has 0 rings (SSSR count). The standard InChI is InChI=1S/C11H23INO4S/c1-10(2,3)18-12-5-4-9(17)13-11(6-14,7-15)8-16/h14-16H,4-8H2,1-3H3,(H,13,17)/q-1. The normalized spacial score (nSPS) is 12.8. The van der Waals surface area contributed by atoms with Gasteiger partial charge in [-0.15, -0.1) is 0 Å². The summed E-state index contributed by atoms with van der Waals surface area (Å²) >= 11 is -0.0865. The number of alkyl halides is 1. The van der Waals surface area contributed by atoms with Crippen molar-refractivity contribution in [2.75, 3.05) is 24.2 Å². The van der Waals surface area contributed by atoms with Crippen LogP contribution in [0.25, 0.3) is 0 Å². The van der Waals surface area contributed by atoms with Crippen molar-refractivity contribution >= 4 is 14.8 Å². The van der Waals surface area contributed by atoms with Gasteiger partial charge < -0.3 is 0 Å². The molecule has 0 unspecified atom stereocenters. The summed E-state index contributed by atoms with van der Waals surface area (Å²) in [7, 11) is 1.89. The van der Waals surface area contributed by atoms with Crippen molar-refractivity contribution in [2.24, 2.45) is 0 Å². The molecule has 0 saturated carbocycles. The topological polar surface area (TPSA) is 89.8 Å². The number of hydrogen-bond acceptors (Lipinski definition) is 5. The van der Waals surface area contributed by atoms with Crippen LogP contribution in [-0.4, -0.2) is 55.8 Å². The van der Waals surface area contributed by atoms with Crippen LogP contribution in [0.1, 0.15) is 27.2 Å². The van der Waals surface area contributed by atoms with Crippen molar-refractivity contribution in [1.82, 2.24) is 5.32 Å². The molecule has 0 fully saturated rings. The molecule has 4 N–H and O–H groups in total. The summed E-state index contributed by atoms with van der Waals surface area (Å²) in [5.74, 6) is -0.235. The summed E-state index contributed by atoms with van der Waals surface area (Å²) in [5.41, 5.74) is -1.30. The van der Waals surface area contributed by atoms with Crippen LogP contribution in [0.2, 0.25) is 0 Å². The molecule has 0 aromatic rings. The molecule has 0 atom stereocenters. The number of rotatable bonds is 8. The Morgan fingerprint density at radius 3 is 2.06 bits per heavy atom. The van der Waals surface area contributed by atoms with Gasteiger partial charge in [0.25, 0.3) is 0 Å². The zero-order chi connectivity index (χ0) is 14.2. The van der Waals surface area contributed by atoms with Gasteiger partial charge in [-0.25, -0.2) is 0 Å². The average Bonchev–Trinajstić information content (AvgIpc) is 2.31. The van der Waals surface area contributed by atoms with Gasteiger partial charge in [0, 0.05) is 0 Å². The first-order chi connectivity index (χ1) is 8.28. The second kappa shape index (κ2) is 8.57. The zero-order valence-corrected chi connectivity index (χ0v) is 14.0. The van der Waals surface area contributed by atoms with Gasteiger partial charge in [0.2, 0.25) is 0 Å². The fourth-order valence-corrected chi connectivity index (χ4v) is 6.05. The third-order valence-corrected chi connectivity index (χ3v) is 9.48. The van der Waals surface area contributed by atoms with Gasteiger partial charge in [-0.05, 0) is 0 Å². The van der Waals surface area contributed by atoms with Gasteiger partial charge in [0.1, 0.15) is 0 Å². The maximum atomic E-state index is 11.6. The minimum absolute atomic E-state index is 0.0865. The summed E-state index contributed by atoms with van der Waals surface area (Å²) in [4.78, 5) is 11.6. The van der Waals surface area contributed by atoms with Crippen molar-refractivity contribution in [1.29, 1.82) is 0 Å². The second-order valence-corrected chi connectivity index (χ2v) is 10.9. The van der Waals surface area contributed by atoms with E-state index in [1.54, 1.807) is 0 Å². The van der Waals surface area contributed by atoms with Gasteiger partial charge in [0.15, 0.2) is 0 Å². The number of hydrogen-bond donors (Lipinski definition) is 4. The van der Waals surface area contributed by atoms with Gasteiger partial charge in [-0.2, -0.15) is 0 Å². The molecule has 0 spiro atoms. The second-order valence-electron chi connectivity index (χ2n) is 5.04. The van der Waals surface area contributed by atoms with Crippen molar-refractivity contribution < 1.29 is 39.9 Å². The van der Waals surface area contributed by atoms with Crippen LogP contribution >= 0.6 is 8.93 Å². The molecule has 0 saturated heterocycles. The molecule has 0 aliphatic heterocycles. The van der Waals surface area contributed by atoms with Crippen LogP contribution in [0, 0.1) is 0 Å². The Morgan fingerprint density at radius 2 is 1.67 bits per heavy atom. The van der Waals surface area contributed by atoms with Crippen LogP contribution in [0.5, 0.6) is 0 Å². The first kappa shape index (κ1) is 18.4. The van der Waals surface area contributed by atoms with Crippen LogP contribution < -0.4 is 25.1 Å². The first-order valence-corrected chi connectivity index (χ1v) is 10.6. The Balaban J connectivity index is 3.97. The molecule has 0 aromatic carbocycles. The Hall–Kier alpha value is 0.430. The van der Waals surface area contributed by atoms with Crippen molar-refractivity contribution in [3.05, 3.63) is 0 Å². The maximum absolute atomic E-state index is 11.6. The summed E-state index contributed by atoms with van der Waals surface area (Å²) in [6, 6.07) is 0. The molecule has 0 aliphatic carbocycles. The molecule has 1 amide bonds. The number of carbonyl (C=O) groups is 1. The Kier molecular flexibility index (Phi) is 8.78. The molecule has 0 aromatic heterocycles. The molecule has 110 valence electrons. The number of halogens is 1. The van der Waals surface area contributed by atoms with Crippen LogP contribution in [0.3, 0.4) is 0 Å². The van der Waals surface area contributed by atoms with Crippen molar-refractivity contribution in [3.63, 3.8) is 0 Å². The average molecular weight is 392 g/mol. The number of amides is 1. The number of aliphatic hydroxyl groups is 3. The fourth-order valence-electron chi connectivity index (χ4n) is 0.953. The van der Waals surface area contributed by atoms with E-state index in [2.05, 4.69) is 26.1 Å². The molecule has 0 radical (unpaired) electrons.